The van der Waals surface area contributed by atoms with Gasteiger partial charge in [0.2, 0.25) is 0 Å². The first-order valence-electron chi connectivity index (χ1n) is 4.68. The molecule has 0 aliphatic heterocycles. The van der Waals surface area contributed by atoms with Crippen LogP contribution in [0, 0.1) is 13.8 Å². The van der Waals surface area contributed by atoms with Gasteiger partial charge in [-0.25, -0.2) is 0 Å². The summed E-state index contributed by atoms with van der Waals surface area (Å²) in [7, 11) is 0. The second-order valence-electron chi connectivity index (χ2n) is 3.44. The fraction of sp³-hybridized carbons (Fsp3) is 0.300. The van der Waals surface area contributed by atoms with Crippen LogP contribution in [0.1, 0.15) is 22.8 Å². The monoisotopic (exact) mass is 204 g/mol. The predicted molar refractivity (Wildman–Crippen MR) is 54.6 cm³/mol. The first-order chi connectivity index (χ1) is 7.16. The van der Waals surface area contributed by atoms with Crippen LogP contribution in [-0.4, -0.2) is 25.5 Å². The van der Waals surface area contributed by atoms with Crippen molar-refractivity contribution in [1.29, 1.82) is 0 Å². The number of rotatable bonds is 2. The molecule has 5 nitrogen and oxygen atoms in total. The topological polar surface area (TPSA) is 74.7 Å². The van der Waals surface area contributed by atoms with Crippen LogP contribution in [0.5, 0.6) is 5.75 Å². The van der Waals surface area contributed by atoms with Gasteiger partial charge in [-0.1, -0.05) is 0 Å². The van der Waals surface area contributed by atoms with Gasteiger partial charge in [-0.15, -0.1) is 0 Å². The molecule has 2 rings (SSSR count). The standard InChI is InChI=1S/C10H12N4O/c1-6-9(13-14-12-6)5-8-3-4-10(15)7(2)11-8/h3-4,15H,5H2,1-2H3,(H,12,13,14). The summed E-state index contributed by atoms with van der Waals surface area (Å²) >= 11 is 0. The van der Waals surface area contributed by atoms with Gasteiger partial charge in [-0.3, -0.25) is 4.98 Å². The molecule has 2 aromatic rings. The molecule has 0 atom stereocenters. The van der Waals surface area contributed by atoms with E-state index in [2.05, 4.69) is 20.4 Å². The summed E-state index contributed by atoms with van der Waals surface area (Å²) in [5.74, 6) is 0.218. The molecular formula is C10H12N4O. The van der Waals surface area contributed by atoms with Gasteiger partial charge in [-0.2, -0.15) is 15.4 Å². The number of nitrogens with zero attached hydrogens (tertiary/aromatic N) is 3. The zero-order chi connectivity index (χ0) is 10.8. The molecule has 2 heterocycles. The maximum Gasteiger partial charge on any atom is 0.136 e. The Kier molecular flexibility index (Phi) is 2.37. The first-order valence-corrected chi connectivity index (χ1v) is 4.68. The van der Waals surface area contributed by atoms with Crippen LogP contribution in [0.2, 0.25) is 0 Å². The fourth-order valence-corrected chi connectivity index (χ4v) is 1.35. The number of aryl methyl sites for hydroxylation is 2. The Morgan fingerprint density at radius 1 is 1.20 bits per heavy atom. The number of nitrogens with one attached hydrogen (secondary N) is 1. The van der Waals surface area contributed by atoms with E-state index in [1.54, 1.807) is 19.1 Å². The number of pyridine rings is 1. The van der Waals surface area contributed by atoms with E-state index in [1.165, 1.54) is 0 Å². The van der Waals surface area contributed by atoms with E-state index < -0.39 is 0 Å². The lowest BCUT2D eigenvalue weighted by Crippen LogP contribution is -1.96. The number of H-pyrrole nitrogens is 1. The smallest absolute Gasteiger partial charge is 0.136 e. The lowest BCUT2D eigenvalue weighted by atomic mass is 10.2. The molecule has 0 aliphatic rings. The Morgan fingerprint density at radius 3 is 2.60 bits per heavy atom. The van der Waals surface area contributed by atoms with E-state index in [0.29, 0.717) is 12.1 Å². The summed E-state index contributed by atoms with van der Waals surface area (Å²) < 4.78 is 0. The maximum atomic E-state index is 9.33. The summed E-state index contributed by atoms with van der Waals surface area (Å²) in [6.07, 6.45) is 0.628. The van der Waals surface area contributed by atoms with Crippen molar-refractivity contribution in [2.24, 2.45) is 0 Å². The van der Waals surface area contributed by atoms with Crippen molar-refractivity contribution in [3.63, 3.8) is 0 Å². The van der Waals surface area contributed by atoms with Crippen molar-refractivity contribution in [3.8, 4) is 5.75 Å². The third kappa shape index (κ3) is 1.96. The van der Waals surface area contributed by atoms with Gasteiger partial charge in [0.15, 0.2) is 0 Å². The normalized spacial score (nSPS) is 10.5. The zero-order valence-corrected chi connectivity index (χ0v) is 8.65. The second-order valence-corrected chi connectivity index (χ2v) is 3.44. The van der Waals surface area contributed by atoms with E-state index in [-0.39, 0.29) is 5.75 Å². The van der Waals surface area contributed by atoms with Crippen LogP contribution in [0.25, 0.3) is 0 Å². The molecule has 5 heteroatoms. The van der Waals surface area contributed by atoms with E-state index >= 15 is 0 Å². The van der Waals surface area contributed by atoms with Crippen molar-refractivity contribution in [1.82, 2.24) is 20.4 Å². The molecule has 15 heavy (non-hydrogen) atoms. The molecule has 0 amide bonds. The molecule has 0 fully saturated rings. The minimum absolute atomic E-state index is 0.218. The van der Waals surface area contributed by atoms with Crippen molar-refractivity contribution >= 4 is 0 Å². The Balaban J connectivity index is 2.25. The first kappa shape index (κ1) is 9.64. The van der Waals surface area contributed by atoms with Gasteiger partial charge in [-0.05, 0) is 26.0 Å². The van der Waals surface area contributed by atoms with Gasteiger partial charge in [0.05, 0.1) is 17.1 Å². The minimum atomic E-state index is 0.218. The molecule has 0 saturated heterocycles. The molecule has 78 valence electrons. The van der Waals surface area contributed by atoms with Crippen molar-refractivity contribution < 1.29 is 5.11 Å². The number of aromatic amines is 1. The summed E-state index contributed by atoms with van der Waals surface area (Å²) in [6, 6.07) is 3.43. The quantitative estimate of drug-likeness (QED) is 0.768. The third-order valence-corrected chi connectivity index (χ3v) is 2.28. The highest BCUT2D eigenvalue weighted by Crippen LogP contribution is 2.15. The number of hydrogen-bond donors (Lipinski definition) is 2. The van der Waals surface area contributed by atoms with Crippen LogP contribution in [0.3, 0.4) is 0 Å². The summed E-state index contributed by atoms with van der Waals surface area (Å²) in [4.78, 5) is 4.26. The Bertz CT molecular complexity index is 478. The number of aromatic nitrogens is 4. The molecule has 0 aliphatic carbocycles. The molecule has 0 saturated carbocycles. The molecule has 0 spiro atoms. The Morgan fingerprint density at radius 2 is 2.00 bits per heavy atom. The summed E-state index contributed by atoms with van der Waals surface area (Å²) in [5, 5.41) is 19.9. The van der Waals surface area contributed by atoms with E-state index in [0.717, 1.165) is 17.1 Å². The lowest BCUT2D eigenvalue weighted by molar-refractivity contribution is 0.467. The van der Waals surface area contributed by atoms with Crippen LogP contribution in [0.15, 0.2) is 12.1 Å². The average Bonchev–Trinajstić information content (AvgIpc) is 2.59. The van der Waals surface area contributed by atoms with Gasteiger partial charge in [0, 0.05) is 12.1 Å². The summed E-state index contributed by atoms with van der Waals surface area (Å²) in [5.41, 5.74) is 3.27. The SMILES string of the molecule is Cc1nc(Cc2n[nH]nc2C)ccc1O. The van der Waals surface area contributed by atoms with Gasteiger partial charge >= 0.3 is 0 Å². The van der Waals surface area contributed by atoms with E-state index in [9.17, 15) is 5.11 Å². The number of hydrogen-bond acceptors (Lipinski definition) is 4. The molecular weight excluding hydrogens is 192 g/mol. The van der Waals surface area contributed by atoms with Crippen molar-refractivity contribution in [2.45, 2.75) is 20.3 Å². The van der Waals surface area contributed by atoms with Crippen molar-refractivity contribution in [2.75, 3.05) is 0 Å². The van der Waals surface area contributed by atoms with E-state index in [4.69, 9.17) is 0 Å². The molecule has 2 N–H and O–H groups in total. The molecule has 0 radical (unpaired) electrons. The zero-order valence-electron chi connectivity index (χ0n) is 8.65. The molecule has 0 bridgehead atoms. The van der Waals surface area contributed by atoms with Gasteiger partial charge in [0.1, 0.15) is 5.75 Å². The largest absolute Gasteiger partial charge is 0.506 e. The highest BCUT2D eigenvalue weighted by Gasteiger charge is 2.06. The van der Waals surface area contributed by atoms with Crippen LogP contribution in [0.4, 0.5) is 0 Å². The Labute approximate surface area is 87.2 Å². The number of aromatic hydroxyl groups is 1. The van der Waals surface area contributed by atoms with E-state index in [1.807, 2.05) is 6.92 Å². The Hall–Kier alpha value is -1.91. The molecule has 2 aromatic heterocycles. The molecule has 0 unspecified atom stereocenters. The van der Waals surface area contributed by atoms with Gasteiger partial charge < -0.3 is 5.11 Å². The van der Waals surface area contributed by atoms with Crippen LogP contribution >= 0.6 is 0 Å². The average molecular weight is 204 g/mol. The maximum absolute atomic E-state index is 9.33. The lowest BCUT2D eigenvalue weighted by Gasteiger charge is -2.01. The predicted octanol–water partition coefficient (Wildman–Crippen LogP) is 1.11. The third-order valence-electron chi connectivity index (χ3n) is 2.28. The van der Waals surface area contributed by atoms with Crippen molar-refractivity contribution in [3.05, 3.63) is 34.9 Å². The molecule has 0 aromatic carbocycles. The minimum Gasteiger partial charge on any atom is -0.506 e. The van der Waals surface area contributed by atoms with Crippen LogP contribution < -0.4 is 0 Å². The fourth-order valence-electron chi connectivity index (χ4n) is 1.35. The second kappa shape index (κ2) is 3.68. The van der Waals surface area contributed by atoms with Gasteiger partial charge in [0.25, 0.3) is 0 Å². The van der Waals surface area contributed by atoms with Crippen LogP contribution in [-0.2, 0) is 6.42 Å². The highest BCUT2D eigenvalue weighted by molar-refractivity contribution is 5.28. The summed E-state index contributed by atoms with van der Waals surface area (Å²) in [6.45, 7) is 3.67. The highest BCUT2D eigenvalue weighted by atomic mass is 16.3.